The topological polar surface area (TPSA) is 42.1 Å². The van der Waals surface area contributed by atoms with Crippen LogP contribution in [0.2, 0.25) is 0 Å². The number of carbonyl (C=O) groups is 1. The minimum Gasteiger partial charge on any atom is -0.444 e. The lowest BCUT2D eigenvalue weighted by Gasteiger charge is -2.31. The first-order valence-corrected chi connectivity index (χ1v) is 7.23. The van der Waals surface area contributed by atoms with E-state index in [1.165, 1.54) is 6.07 Å². The largest absolute Gasteiger partial charge is 0.444 e. The Morgan fingerprint density at radius 1 is 1.43 bits per heavy atom. The lowest BCUT2D eigenvalue weighted by atomic mass is 9.89. The van der Waals surface area contributed by atoms with Gasteiger partial charge in [0.25, 0.3) is 0 Å². The molecular weight excluding hydrogens is 273 g/mol. The van der Waals surface area contributed by atoms with Gasteiger partial charge in [-0.25, -0.2) is 9.18 Å². The van der Waals surface area contributed by atoms with Crippen LogP contribution in [-0.2, 0) is 15.1 Å². The lowest BCUT2D eigenvalue weighted by Crippen LogP contribution is -2.44. The zero-order valence-corrected chi connectivity index (χ0v) is 12.6. The van der Waals surface area contributed by atoms with Gasteiger partial charge in [0.1, 0.15) is 23.1 Å². The van der Waals surface area contributed by atoms with Crippen molar-refractivity contribution >= 4 is 6.09 Å². The van der Waals surface area contributed by atoms with Gasteiger partial charge in [0.05, 0.1) is 6.54 Å². The standard InChI is InChI=1S/C16H20FNO3/c1-15(2,3)21-14(19)18-9-8-16(13(10-18)20-16)11-6-4-5-7-12(11)17/h4-7,13H,8-10H2,1-3H3/t13-,16-/m1/s1. The van der Waals surface area contributed by atoms with Gasteiger partial charge in [-0.2, -0.15) is 0 Å². The summed E-state index contributed by atoms with van der Waals surface area (Å²) in [5.74, 6) is -0.245. The highest BCUT2D eigenvalue weighted by atomic mass is 19.1. The van der Waals surface area contributed by atoms with Gasteiger partial charge in [-0.3, -0.25) is 0 Å². The molecule has 2 atom stereocenters. The summed E-state index contributed by atoms with van der Waals surface area (Å²) >= 11 is 0. The van der Waals surface area contributed by atoms with Crippen molar-refractivity contribution in [3.63, 3.8) is 0 Å². The molecule has 1 amide bonds. The number of piperidine rings is 1. The summed E-state index contributed by atoms with van der Waals surface area (Å²) in [7, 11) is 0. The zero-order chi connectivity index (χ0) is 15.3. The van der Waals surface area contributed by atoms with Crippen molar-refractivity contribution < 1.29 is 18.7 Å². The molecule has 0 unspecified atom stereocenters. The Hall–Kier alpha value is -1.62. The molecule has 5 heteroatoms. The SMILES string of the molecule is CC(C)(C)OC(=O)N1CC[C@]2(c3ccccc3F)O[C@@H]2C1. The Morgan fingerprint density at radius 3 is 2.76 bits per heavy atom. The van der Waals surface area contributed by atoms with Crippen molar-refractivity contribution in [2.75, 3.05) is 13.1 Å². The van der Waals surface area contributed by atoms with Crippen molar-refractivity contribution in [1.82, 2.24) is 4.90 Å². The second-order valence-electron chi connectivity index (χ2n) is 6.65. The molecule has 2 aliphatic heterocycles. The molecule has 2 saturated heterocycles. The maximum absolute atomic E-state index is 13.9. The average Bonchev–Trinajstić information content (AvgIpc) is 3.11. The molecule has 3 rings (SSSR count). The quantitative estimate of drug-likeness (QED) is 0.747. The van der Waals surface area contributed by atoms with Crippen molar-refractivity contribution in [3.05, 3.63) is 35.6 Å². The molecule has 0 spiro atoms. The highest BCUT2D eigenvalue weighted by Gasteiger charge is 2.61. The van der Waals surface area contributed by atoms with E-state index < -0.39 is 11.2 Å². The Kier molecular flexibility index (Phi) is 3.20. The number of likely N-dealkylation sites (tertiary alicyclic amines) is 1. The number of fused-ring (bicyclic) bond motifs is 1. The van der Waals surface area contributed by atoms with Gasteiger partial charge in [0.15, 0.2) is 0 Å². The molecule has 0 aromatic heterocycles. The van der Waals surface area contributed by atoms with E-state index in [9.17, 15) is 9.18 Å². The van der Waals surface area contributed by atoms with Crippen LogP contribution in [0.5, 0.6) is 0 Å². The third-order valence-electron chi connectivity index (χ3n) is 3.94. The van der Waals surface area contributed by atoms with Gasteiger partial charge in [-0.05, 0) is 26.8 Å². The third kappa shape index (κ3) is 2.62. The highest BCUT2D eigenvalue weighted by molar-refractivity contribution is 5.68. The van der Waals surface area contributed by atoms with Crippen LogP contribution in [0, 0.1) is 5.82 Å². The first-order chi connectivity index (χ1) is 9.82. The molecule has 0 radical (unpaired) electrons. The molecular formula is C16H20FNO3. The fourth-order valence-electron chi connectivity index (χ4n) is 2.89. The van der Waals surface area contributed by atoms with E-state index in [1.54, 1.807) is 17.0 Å². The van der Waals surface area contributed by atoms with Crippen LogP contribution in [0.4, 0.5) is 9.18 Å². The van der Waals surface area contributed by atoms with Crippen LogP contribution < -0.4 is 0 Å². The Balaban J connectivity index is 1.69. The van der Waals surface area contributed by atoms with Crippen LogP contribution in [0.15, 0.2) is 24.3 Å². The average molecular weight is 293 g/mol. The van der Waals surface area contributed by atoms with Crippen LogP contribution in [0.3, 0.4) is 0 Å². The first-order valence-electron chi connectivity index (χ1n) is 7.23. The Bertz CT molecular complexity index is 569. The molecule has 0 N–H and O–H groups in total. The summed E-state index contributed by atoms with van der Waals surface area (Å²) in [4.78, 5) is 13.7. The second-order valence-corrected chi connectivity index (χ2v) is 6.65. The summed E-state index contributed by atoms with van der Waals surface area (Å²) in [5, 5.41) is 0. The maximum atomic E-state index is 13.9. The number of epoxide rings is 1. The van der Waals surface area contributed by atoms with E-state index in [2.05, 4.69) is 0 Å². The molecule has 2 heterocycles. The van der Waals surface area contributed by atoms with Gasteiger partial charge in [0.2, 0.25) is 0 Å². The van der Waals surface area contributed by atoms with Crippen molar-refractivity contribution in [1.29, 1.82) is 0 Å². The van der Waals surface area contributed by atoms with E-state index in [-0.39, 0.29) is 18.0 Å². The van der Waals surface area contributed by atoms with Crippen LogP contribution in [0.25, 0.3) is 0 Å². The van der Waals surface area contributed by atoms with Gasteiger partial charge in [-0.1, -0.05) is 18.2 Å². The number of benzene rings is 1. The van der Waals surface area contributed by atoms with E-state index in [4.69, 9.17) is 9.47 Å². The number of hydrogen-bond acceptors (Lipinski definition) is 3. The van der Waals surface area contributed by atoms with E-state index in [1.807, 2.05) is 26.8 Å². The number of amides is 1. The summed E-state index contributed by atoms with van der Waals surface area (Å²) in [6, 6.07) is 6.69. The van der Waals surface area contributed by atoms with E-state index in [0.29, 0.717) is 25.1 Å². The lowest BCUT2D eigenvalue weighted by molar-refractivity contribution is 0.0217. The molecule has 4 nitrogen and oxygen atoms in total. The minimum absolute atomic E-state index is 0.143. The van der Waals surface area contributed by atoms with E-state index in [0.717, 1.165) is 0 Å². The smallest absolute Gasteiger partial charge is 0.410 e. The zero-order valence-electron chi connectivity index (χ0n) is 12.6. The van der Waals surface area contributed by atoms with Crippen LogP contribution >= 0.6 is 0 Å². The molecule has 1 aromatic rings. The maximum Gasteiger partial charge on any atom is 0.410 e. The Labute approximate surface area is 123 Å². The second kappa shape index (κ2) is 4.70. The normalized spacial score (nSPS) is 28.0. The van der Waals surface area contributed by atoms with Crippen molar-refractivity contribution in [2.24, 2.45) is 0 Å². The van der Waals surface area contributed by atoms with Gasteiger partial charge in [0, 0.05) is 18.5 Å². The summed E-state index contributed by atoms with van der Waals surface area (Å²) < 4.78 is 25.1. The fourth-order valence-corrected chi connectivity index (χ4v) is 2.89. The number of halogens is 1. The molecule has 1 aromatic carbocycles. The minimum atomic E-state index is -0.552. The number of rotatable bonds is 1. The number of nitrogens with zero attached hydrogens (tertiary/aromatic N) is 1. The predicted octanol–water partition coefficient (Wildman–Crippen LogP) is 3.06. The summed E-state index contributed by atoms with van der Waals surface area (Å²) in [6.07, 6.45) is 0.119. The molecule has 0 saturated carbocycles. The fraction of sp³-hybridized carbons (Fsp3) is 0.562. The van der Waals surface area contributed by atoms with Gasteiger partial charge in [-0.15, -0.1) is 0 Å². The van der Waals surface area contributed by atoms with Crippen LogP contribution in [-0.4, -0.2) is 35.8 Å². The molecule has 114 valence electrons. The number of hydrogen-bond donors (Lipinski definition) is 0. The molecule has 0 bridgehead atoms. The van der Waals surface area contributed by atoms with Crippen molar-refractivity contribution in [3.8, 4) is 0 Å². The van der Waals surface area contributed by atoms with Gasteiger partial charge < -0.3 is 14.4 Å². The monoisotopic (exact) mass is 293 g/mol. The van der Waals surface area contributed by atoms with Gasteiger partial charge >= 0.3 is 6.09 Å². The van der Waals surface area contributed by atoms with E-state index >= 15 is 0 Å². The van der Waals surface area contributed by atoms with Crippen molar-refractivity contribution in [2.45, 2.75) is 44.5 Å². The summed E-state index contributed by atoms with van der Waals surface area (Å²) in [6.45, 7) is 6.48. The predicted molar refractivity (Wildman–Crippen MR) is 75.4 cm³/mol. The highest BCUT2D eigenvalue weighted by Crippen LogP contribution is 2.52. The summed E-state index contributed by atoms with van der Waals surface area (Å²) in [5.41, 5.74) is -0.468. The number of ether oxygens (including phenoxy) is 2. The Morgan fingerprint density at radius 2 is 2.14 bits per heavy atom. The van der Waals surface area contributed by atoms with Crippen LogP contribution in [0.1, 0.15) is 32.8 Å². The number of carbonyl (C=O) groups excluding carboxylic acids is 1. The first kappa shape index (κ1) is 14.3. The molecule has 2 fully saturated rings. The third-order valence-corrected chi connectivity index (χ3v) is 3.94. The molecule has 0 aliphatic carbocycles. The molecule has 21 heavy (non-hydrogen) atoms. The molecule has 2 aliphatic rings.